The zero-order valence-electron chi connectivity index (χ0n) is 7.98. The molecule has 1 saturated heterocycles. The first-order chi connectivity index (χ1) is 6.59. The lowest BCUT2D eigenvalue weighted by Gasteiger charge is -2.14. The molecule has 0 aromatic heterocycles. The number of carboxylic acid groups (broad SMARTS) is 1. The molecule has 0 aliphatic carbocycles. The van der Waals surface area contributed by atoms with Gasteiger partial charge in [0.05, 0.1) is 6.10 Å². The first-order valence-electron chi connectivity index (χ1n) is 4.77. The summed E-state index contributed by atoms with van der Waals surface area (Å²) in [6.45, 7) is 0.985. The van der Waals surface area contributed by atoms with Crippen LogP contribution in [0.3, 0.4) is 0 Å². The summed E-state index contributed by atoms with van der Waals surface area (Å²) in [5.41, 5.74) is 0. The molecule has 1 aliphatic rings. The number of carboxylic acids is 1. The second kappa shape index (κ2) is 4.95. The van der Waals surface area contributed by atoms with Crippen LogP contribution < -0.4 is 0 Å². The Balaban J connectivity index is 2.18. The molecule has 1 atom stereocenters. The predicted octanol–water partition coefficient (Wildman–Crippen LogP) is -0.165. The molecule has 0 saturated carbocycles. The van der Waals surface area contributed by atoms with Gasteiger partial charge in [0.1, 0.15) is 0 Å². The van der Waals surface area contributed by atoms with E-state index in [9.17, 15) is 14.7 Å². The Labute approximate surface area is 82.3 Å². The Hall–Kier alpha value is -1.10. The van der Waals surface area contributed by atoms with E-state index < -0.39 is 12.1 Å². The number of amides is 1. The molecule has 14 heavy (non-hydrogen) atoms. The molecule has 0 radical (unpaired) electrons. The fourth-order valence-corrected chi connectivity index (χ4v) is 1.52. The fourth-order valence-electron chi connectivity index (χ4n) is 1.52. The Morgan fingerprint density at radius 1 is 1.36 bits per heavy atom. The average molecular weight is 201 g/mol. The second-order valence-corrected chi connectivity index (χ2v) is 3.53. The van der Waals surface area contributed by atoms with Crippen molar-refractivity contribution in [1.29, 1.82) is 0 Å². The van der Waals surface area contributed by atoms with Gasteiger partial charge in [0, 0.05) is 25.9 Å². The molecular weight excluding hydrogens is 186 g/mol. The van der Waals surface area contributed by atoms with Crippen LogP contribution in [0.5, 0.6) is 0 Å². The number of hydrogen-bond donors (Lipinski definition) is 2. The van der Waals surface area contributed by atoms with E-state index in [0.29, 0.717) is 25.9 Å². The Morgan fingerprint density at radius 3 is 2.57 bits per heavy atom. The average Bonchev–Trinajstić information content (AvgIpc) is 2.51. The number of likely N-dealkylation sites (tertiary alicyclic amines) is 1. The summed E-state index contributed by atoms with van der Waals surface area (Å²) in [5.74, 6) is -0.929. The van der Waals surface area contributed by atoms with E-state index in [0.717, 1.165) is 0 Å². The third-order valence-corrected chi connectivity index (χ3v) is 2.30. The fraction of sp³-hybridized carbons (Fsp3) is 0.778. The largest absolute Gasteiger partial charge is 0.481 e. The monoisotopic (exact) mass is 201 g/mol. The van der Waals surface area contributed by atoms with Crippen molar-refractivity contribution >= 4 is 11.9 Å². The van der Waals surface area contributed by atoms with Gasteiger partial charge in [-0.1, -0.05) is 0 Å². The highest BCUT2D eigenvalue weighted by Gasteiger charge is 2.23. The number of carbonyl (C=O) groups is 2. The van der Waals surface area contributed by atoms with Crippen LogP contribution in [0.15, 0.2) is 0 Å². The van der Waals surface area contributed by atoms with Crippen LogP contribution >= 0.6 is 0 Å². The number of nitrogens with zero attached hydrogens (tertiary/aromatic N) is 1. The SMILES string of the molecule is O=C(O)CCCC(=O)N1CCC(O)C1. The highest BCUT2D eigenvalue weighted by atomic mass is 16.4. The predicted molar refractivity (Wildman–Crippen MR) is 48.7 cm³/mol. The lowest BCUT2D eigenvalue weighted by atomic mass is 10.2. The molecule has 1 heterocycles. The summed E-state index contributed by atoms with van der Waals surface area (Å²) >= 11 is 0. The molecule has 2 N–H and O–H groups in total. The number of aliphatic hydroxyl groups is 1. The van der Waals surface area contributed by atoms with Gasteiger partial charge in [-0.15, -0.1) is 0 Å². The highest BCUT2D eigenvalue weighted by molar-refractivity contribution is 5.77. The van der Waals surface area contributed by atoms with E-state index in [1.54, 1.807) is 4.90 Å². The van der Waals surface area contributed by atoms with E-state index in [-0.39, 0.29) is 18.7 Å². The number of aliphatic hydroxyl groups excluding tert-OH is 1. The van der Waals surface area contributed by atoms with Crippen LogP contribution in [0.25, 0.3) is 0 Å². The molecule has 5 nitrogen and oxygen atoms in total. The Bertz CT molecular complexity index is 229. The molecule has 1 rings (SSSR count). The molecule has 1 amide bonds. The third kappa shape index (κ3) is 3.33. The van der Waals surface area contributed by atoms with Gasteiger partial charge in [-0.25, -0.2) is 0 Å². The minimum Gasteiger partial charge on any atom is -0.481 e. The van der Waals surface area contributed by atoms with E-state index in [4.69, 9.17) is 5.11 Å². The van der Waals surface area contributed by atoms with Gasteiger partial charge < -0.3 is 15.1 Å². The van der Waals surface area contributed by atoms with Gasteiger partial charge in [-0.3, -0.25) is 9.59 Å². The standard InChI is InChI=1S/C9H15NO4/c11-7-4-5-10(6-7)8(12)2-1-3-9(13)14/h7,11H,1-6H2,(H,13,14). The van der Waals surface area contributed by atoms with Crippen molar-refractivity contribution in [3.63, 3.8) is 0 Å². The first kappa shape index (κ1) is 11.0. The van der Waals surface area contributed by atoms with Crippen molar-refractivity contribution in [2.24, 2.45) is 0 Å². The van der Waals surface area contributed by atoms with Gasteiger partial charge in [0.2, 0.25) is 5.91 Å². The zero-order chi connectivity index (χ0) is 10.6. The molecule has 1 aliphatic heterocycles. The van der Waals surface area contributed by atoms with E-state index in [2.05, 4.69) is 0 Å². The maximum atomic E-state index is 11.4. The van der Waals surface area contributed by atoms with Gasteiger partial charge in [-0.2, -0.15) is 0 Å². The van der Waals surface area contributed by atoms with Gasteiger partial charge in [0.15, 0.2) is 0 Å². The van der Waals surface area contributed by atoms with Crippen molar-refractivity contribution in [3.05, 3.63) is 0 Å². The second-order valence-electron chi connectivity index (χ2n) is 3.53. The maximum Gasteiger partial charge on any atom is 0.303 e. The Morgan fingerprint density at radius 2 is 2.07 bits per heavy atom. The molecule has 0 aromatic rings. The van der Waals surface area contributed by atoms with Crippen LogP contribution in [-0.4, -0.2) is 46.2 Å². The smallest absolute Gasteiger partial charge is 0.303 e. The molecule has 80 valence electrons. The topological polar surface area (TPSA) is 77.8 Å². The zero-order valence-corrected chi connectivity index (χ0v) is 7.98. The van der Waals surface area contributed by atoms with Gasteiger partial charge in [0.25, 0.3) is 0 Å². The van der Waals surface area contributed by atoms with Crippen molar-refractivity contribution < 1.29 is 19.8 Å². The molecule has 0 aromatic carbocycles. The maximum absolute atomic E-state index is 11.4. The van der Waals surface area contributed by atoms with Crippen LogP contribution in [0.1, 0.15) is 25.7 Å². The van der Waals surface area contributed by atoms with Crippen molar-refractivity contribution in [2.75, 3.05) is 13.1 Å². The summed E-state index contributed by atoms with van der Waals surface area (Å²) in [4.78, 5) is 23.2. The molecular formula is C9H15NO4. The third-order valence-electron chi connectivity index (χ3n) is 2.30. The normalized spacial score (nSPS) is 21.2. The quantitative estimate of drug-likeness (QED) is 0.662. The van der Waals surface area contributed by atoms with Crippen molar-refractivity contribution in [2.45, 2.75) is 31.8 Å². The summed E-state index contributed by atoms with van der Waals surface area (Å²) in [5, 5.41) is 17.5. The summed E-state index contributed by atoms with van der Waals surface area (Å²) in [7, 11) is 0. The lowest BCUT2D eigenvalue weighted by molar-refractivity contribution is -0.137. The molecule has 5 heteroatoms. The summed E-state index contributed by atoms with van der Waals surface area (Å²) < 4.78 is 0. The number of aliphatic carboxylic acids is 1. The number of hydrogen-bond acceptors (Lipinski definition) is 3. The van der Waals surface area contributed by atoms with E-state index >= 15 is 0 Å². The number of rotatable bonds is 4. The van der Waals surface area contributed by atoms with Crippen LogP contribution in [0.2, 0.25) is 0 Å². The lowest BCUT2D eigenvalue weighted by Crippen LogP contribution is -2.29. The summed E-state index contributed by atoms with van der Waals surface area (Å²) in [6, 6.07) is 0. The van der Waals surface area contributed by atoms with Crippen LogP contribution in [0.4, 0.5) is 0 Å². The van der Waals surface area contributed by atoms with Crippen LogP contribution in [0, 0.1) is 0 Å². The first-order valence-corrected chi connectivity index (χ1v) is 4.77. The van der Waals surface area contributed by atoms with Crippen LogP contribution in [-0.2, 0) is 9.59 Å². The van der Waals surface area contributed by atoms with E-state index in [1.165, 1.54) is 0 Å². The molecule has 0 spiro atoms. The number of carbonyl (C=O) groups excluding carboxylic acids is 1. The highest BCUT2D eigenvalue weighted by Crippen LogP contribution is 2.11. The summed E-state index contributed by atoms with van der Waals surface area (Å²) in [6.07, 6.45) is 0.894. The van der Waals surface area contributed by atoms with Crippen molar-refractivity contribution in [1.82, 2.24) is 4.90 Å². The van der Waals surface area contributed by atoms with Gasteiger partial charge >= 0.3 is 5.97 Å². The van der Waals surface area contributed by atoms with Crippen molar-refractivity contribution in [3.8, 4) is 0 Å². The van der Waals surface area contributed by atoms with Gasteiger partial charge in [-0.05, 0) is 12.8 Å². The van der Waals surface area contributed by atoms with E-state index in [1.807, 2.05) is 0 Å². The molecule has 1 fully saturated rings. The minimum atomic E-state index is -0.876. The minimum absolute atomic E-state index is 0.0299. The molecule has 1 unspecified atom stereocenters. The number of β-amino-alcohol motifs (C(OH)–C–C–N with tert-alkyl or cyclic N) is 1. The molecule has 0 bridgehead atoms. The Kier molecular flexibility index (Phi) is 3.88.